The highest BCUT2D eigenvalue weighted by Crippen LogP contribution is 2.36. The van der Waals surface area contributed by atoms with Crippen molar-refractivity contribution in [2.75, 3.05) is 4.90 Å². The van der Waals surface area contributed by atoms with E-state index >= 15 is 0 Å². The Morgan fingerprint density at radius 1 is 0.897 bits per heavy atom. The number of nitrogens with zero attached hydrogens (tertiary/aromatic N) is 1. The summed E-state index contributed by atoms with van der Waals surface area (Å²) in [4.78, 5) is 15.9. The van der Waals surface area contributed by atoms with Crippen LogP contribution in [0.4, 0.5) is 5.69 Å². The van der Waals surface area contributed by atoms with Crippen molar-refractivity contribution in [2.45, 2.75) is 56.8 Å². The van der Waals surface area contributed by atoms with E-state index in [0.717, 1.165) is 42.5 Å². The number of amides is 1. The molecule has 0 spiro atoms. The van der Waals surface area contributed by atoms with Crippen molar-refractivity contribution in [3.8, 4) is 11.1 Å². The van der Waals surface area contributed by atoms with Crippen LogP contribution in [0.25, 0.3) is 21.9 Å². The Bertz CT molecular complexity index is 1520. The van der Waals surface area contributed by atoms with Crippen LogP contribution in [0.1, 0.15) is 42.4 Å². The number of benzene rings is 4. The van der Waals surface area contributed by atoms with Gasteiger partial charge in [-0.15, -0.1) is 0 Å². The van der Waals surface area contributed by atoms with Gasteiger partial charge in [0.15, 0.2) is 0 Å². The molecule has 1 amide bonds. The van der Waals surface area contributed by atoms with Crippen LogP contribution in [-0.2, 0) is 17.8 Å². The fourth-order valence-corrected chi connectivity index (χ4v) is 6.13. The summed E-state index contributed by atoms with van der Waals surface area (Å²) in [7, 11) is 0. The number of hydrogen-bond acceptors (Lipinski definition) is 4. The Balaban J connectivity index is 1.33. The van der Waals surface area contributed by atoms with Gasteiger partial charge in [0.05, 0.1) is 0 Å². The molecule has 1 saturated carbocycles. The normalized spacial score (nSPS) is 20.5. The van der Waals surface area contributed by atoms with Gasteiger partial charge in [-0.1, -0.05) is 72.8 Å². The van der Waals surface area contributed by atoms with Gasteiger partial charge in [-0.25, -0.2) is 0 Å². The number of rotatable bonds is 6. The topological polar surface area (TPSA) is 108 Å². The summed E-state index contributed by atoms with van der Waals surface area (Å²) in [6, 6.07) is 29.3. The zero-order valence-electron chi connectivity index (χ0n) is 22.1. The van der Waals surface area contributed by atoms with E-state index < -0.39 is 0 Å². The summed E-state index contributed by atoms with van der Waals surface area (Å²) < 4.78 is 0. The predicted molar refractivity (Wildman–Crippen MR) is 159 cm³/mol. The van der Waals surface area contributed by atoms with Crippen LogP contribution in [0.5, 0.6) is 0 Å². The lowest BCUT2D eigenvalue weighted by molar-refractivity contribution is -0.123. The molecule has 0 saturated heterocycles. The molecule has 6 nitrogen and oxygen atoms in total. The Kier molecular flexibility index (Phi) is 6.79. The Hall–Kier alpha value is -4.16. The van der Waals surface area contributed by atoms with Crippen LogP contribution in [0, 0.1) is 5.41 Å². The second-order valence-electron chi connectivity index (χ2n) is 10.9. The molecule has 0 bridgehead atoms. The van der Waals surface area contributed by atoms with Crippen molar-refractivity contribution in [3.63, 3.8) is 0 Å². The van der Waals surface area contributed by atoms with Crippen LogP contribution < -0.4 is 21.7 Å². The number of amidine groups is 1. The molecule has 4 aromatic rings. The SMILES string of the molecule is N=C(N)c1ccc2c(c1)N(Cc1cccc3cc(-c4ccccc4)ccc13)C(C(=O)NC1CCC(N)CC1)C2. The van der Waals surface area contributed by atoms with Gasteiger partial charge in [0.25, 0.3) is 0 Å². The third-order valence-corrected chi connectivity index (χ3v) is 8.33. The molecular weight excluding hydrogens is 482 g/mol. The van der Waals surface area contributed by atoms with Gasteiger partial charge in [0.2, 0.25) is 5.91 Å². The maximum absolute atomic E-state index is 13.7. The number of fused-ring (bicyclic) bond motifs is 2. The first kappa shape index (κ1) is 25.1. The largest absolute Gasteiger partial charge is 0.384 e. The smallest absolute Gasteiger partial charge is 0.243 e. The van der Waals surface area contributed by atoms with Crippen LogP contribution >= 0.6 is 0 Å². The van der Waals surface area contributed by atoms with Crippen molar-refractivity contribution in [2.24, 2.45) is 11.5 Å². The molecule has 6 rings (SSSR count). The zero-order valence-corrected chi connectivity index (χ0v) is 22.1. The van der Waals surface area contributed by atoms with E-state index in [0.29, 0.717) is 18.5 Å². The van der Waals surface area contributed by atoms with Gasteiger partial charge < -0.3 is 21.7 Å². The quantitative estimate of drug-likeness (QED) is 0.211. The zero-order chi connectivity index (χ0) is 26.9. The van der Waals surface area contributed by atoms with E-state index in [2.05, 4.69) is 70.9 Å². The van der Waals surface area contributed by atoms with Crippen molar-refractivity contribution >= 4 is 28.2 Å². The summed E-state index contributed by atoms with van der Waals surface area (Å²) in [5, 5.41) is 13.7. The fourth-order valence-electron chi connectivity index (χ4n) is 6.13. The van der Waals surface area contributed by atoms with E-state index in [1.54, 1.807) is 0 Å². The molecule has 1 aliphatic carbocycles. The molecule has 2 aliphatic rings. The van der Waals surface area contributed by atoms with Gasteiger partial charge in [-0.2, -0.15) is 0 Å². The maximum Gasteiger partial charge on any atom is 0.243 e. The van der Waals surface area contributed by atoms with E-state index in [1.165, 1.54) is 21.9 Å². The minimum Gasteiger partial charge on any atom is -0.384 e. The van der Waals surface area contributed by atoms with Crippen LogP contribution in [0.3, 0.4) is 0 Å². The second-order valence-corrected chi connectivity index (χ2v) is 10.9. The molecule has 1 atom stereocenters. The van der Waals surface area contributed by atoms with Crippen LogP contribution in [0.2, 0.25) is 0 Å². The number of nitrogens with one attached hydrogen (secondary N) is 2. The third-order valence-electron chi connectivity index (χ3n) is 8.33. The molecule has 0 aromatic heterocycles. The van der Waals surface area contributed by atoms with Gasteiger partial charge in [-0.05, 0) is 70.8 Å². The molecule has 1 fully saturated rings. The minimum atomic E-state index is -0.323. The Morgan fingerprint density at radius 3 is 2.46 bits per heavy atom. The molecular formula is C33H35N5O. The molecule has 198 valence electrons. The van der Waals surface area contributed by atoms with Gasteiger partial charge in [-0.3, -0.25) is 10.2 Å². The third kappa shape index (κ3) is 5.12. The van der Waals surface area contributed by atoms with Gasteiger partial charge in [0, 0.05) is 36.3 Å². The summed E-state index contributed by atoms with van der Waals surface area (Å²) in [5.74, 6) is 0.0884. The number of carbonyl (C=O) groups excluding carboxylic acids is 1. The lowest BCUT2D eigenvalue weighted by atomic mass is 9.91. The Labute approximate surface area is 229 Å². The first-order chi connectivity index (χ1) is 19.0. The number of nitrogen functional groups attached to an aromatic ring is 1. The van der Waals surface area contributed by atoms with Crippen molar-refractivity contribution in [1.29, 1.82) is 5.41 Å². The summed E-state index contributed by atoms with van der Waals surface area (Å²) in [5.41, 5.74) is 18.2. The molecule has 1 aliphatic heterocycles. The van der Waals surface area contributed by atoms with E-state index in [-0.39, 0.29) is 29.9 Å². The number of nitrogens with two attached hydrogens (primary N) is 2. The molecule has 6 heteroatoms. The summed E-state index contributed by atoms with van der Waals surface area (Å²) in [6.45, 7) is 0.587. The lowest BCUT2D eigenvalue weighted by Crippen LogP contribution is -2.49. The summed E-state index contributed by atoms with van der Waals surface area (Å²) in [6.07, 6.45) is 4.38. The van der Waals surface area contributed by atoms with E-state index in [9.17, 15) is 4.79 Å². The standard InChI is InChI=1S/C33H35N5O/c34-27-12-14-28(15-13-27)37-33(39)31-18-24-9-10-25(32(35)36)19-30(24)38(31)20-26-8-4-7-23-17-22(11-16-29(23)26)21-5-2-1-3-6-21/h1-11,16-17,19,27-28,31H,12-15,18,20,34H2,(H3,35,36)(H,37,39). The first-order valence-electron chi connectivity index (χ1n) is 13.8. The first-order valence-corrected chi connectivity index (χ1v) is 13.8. The predicted octanol–water partition coefficient (Wildman–Crippen LogP) is 5.11. The molecule has 6 N–H and O–H groups in total. The average molecular weight is 518 g/mol. The number of carbonyl (C=O) groups is 1. The van der Waals surface area contributed by atoms with Crippen molar-refractivity contribution in [3.05, 3.63) is 102 Å². The molecule has 0 radical (unpaired) electrons. The highest BCUT2D eigenvalue weighted by atomic mass is 16.2. The Morgan fingerprint density at radius 2 is 1.69 bits per heavy atom. The highest BCUT2D eigenvalue weighted by Gasteiger charge is 2.36. The lowest BCUT2D eigenvalue weighted by Gasteiger charge is -2.31. The monoisotopic (exact) mass is 517 g/mol. The van der Waals surface area contributed by atoms with Gasteiger partial charge >= 0.3 is 0 Å². The second kappa shape index (κ2) is 10.5. The highest BCUT2D eigenvalue weighted by molar-refractivity contribution is 5.97. The molecule has 1 heterocycles. The molecule has 1 unspecified atom stereocenters. The van der Waals surface area contributed by atoms with E-state index in [4.69, 9.17) is 16.9 Å². The molecule has 39 heavy (non-hydrogen) atoms. The van der Waals surface area contributed by atoms with Gasteiger partial charge in [0.1, 0.15) is 11.9 Å². The van der Waals surface area contributed by atoms with Crippen LogP contribution in [-0.4, -0.2) is 29.9 Å². The van der Waals surface area contributed by atoms with Crippen molar-refractivity contribution in [1.82, 2.24) is 5.32 Å². The molecule has 4 aromatic carbocycles. The van der Waals surface area contributed by atoms with E-state index in [1.807, 2.05) is 24.3 Å². The number of hydrogen-bond donors (Lipinski definition) is 4. The maximum atomic E-state index is 13.7. The minimum absolute atomic E-state index is 0.0304. The average Bonchev–Trinajstić information content (AvgIpc) is 3.32. The fraction of sp³-hybridized carbons (Fsp3) is 0.273. The number of anilines is 1. The van der Waals surface area contributed by atoms with Crippen LogP contribution in [0.15, 0.2) is 84.9 Å². The summed E-state index contributed by atoms with van der Waals surface area (Å²) >= 11 is 0. The van der Waals surface area contributed by atoms with Crippen molar-refractivity contribution < 1.29 is 4.79 Å².